The fraction of sp³-hybridized carbons (Fsp3) is 0.333. The van der Waals surface area contributed by atoms with E-state index in [4.69, 9.17) is 82.3 Å². The second-order valence-corrected chi connectivity index (χ2v) is 4.14. The molecular weight excluding hydrogens is 382 g/mol. The molecule has 0 amide bonds. The molecule has 0 unspecified atom stereocenters. The van der Waals surface area contributed by atoms with Crippen LogP contribution in [0.1, 0.15) is 4.28 Å². The monoisotopic (exact) mass is 390 g/mol. The summed E-state index contributed by atoms with van der Waals surface area (Å²) in [7, 11) is -4.67. The third-order valence-corrected chi connectivity index (χ3v) is 0. The van der Waals surface area contributed by atoms with Gasteiger partial charge in [0.15, 0.2) is 4.30 Å². The van der Waals surface area contributed by atoms with Gasteiger partial charge in [0.05, 0.1) is 0 Å². The third-order valence-electron chi connectivity index (χ3n) is 0. The van der Waals surface area contributed by atoms with Gasteiger partial charge in [0.2, 0.25) is 0 Å². The average Bonchev–Trinajstić information content (AvgIpc) is 1.73. The summed E-state index contributed by atoms with van der Waals surface area (Å²) in [5.74, 6) is 0. The van der Waals surface area contributed by atoms with Gasteiger partial charge in [-0.05, 0) is 0 Å². The molecule has 0 radical (unpaired) electrons. The Kier molecular flexibility index (Phi) is 46.7. The molecule has 0 aliphatic carbocycles. The van der Waals surface area contributed by atoms with E-state index in [9.17, 15) is 0 Å². The Morgan fingerprint density at radius 1 is 0.895 bits per heavy atom. The Balaban J connectivity index is -0.0000000137. The van der Waals surface area contributed by atoms with E-state index >= 15 is 0 Å². The van der Waals surface area contributed by atoms with Crippen LogP contribution in [0.2, 0.25) is 0 Å². The average molecular weight is 392 g/mol. The number of carboxylic acid groups (broad SMARTS) is 4. The van der Waals surface area contributed by atoms with Crippen LogP contribution in [0.3, 0.4) is 0 Å². The third kappa shape index (κ3) is 5060. The maximum Gasteiger partial charge on any atom is 2.00 e. The first-order chi connectivity index (χ1) is 7.20. The first-order valence-electron chi connectivity index (χ1n) is 2.66. The van der Waals surface area contributed by atoms with Crippen molar-refractivity contribution in [2.75, 3.05) is 0 Å². The Morgan fingerprint density at radius 2 is 0.895 bits per heavy atom. The van der Waals surface area contributed by atoms with Crippen LogP contribution >= 0.6 is 34.8 Å². The smallest absolute Gasteiger partial charge is 1.00 e. The second kappa shape index (κ2) is 24.1. The van der Waals surface area contributed by atoms with Crippen molar-refractivity contribution in [1.82, 2.24) is 0 Å². The van der Waals surface area contributed by atoms with Crippen LogP contribution in [0.25, 0.3) is 0 Å². The first-order valence-corrected chi connectivity index (χ1v) is 5.36. The summed E-state index contributed by atoms with van der Waals surface area (Å²) in [4.78, 5) is 17.1. The van der Waals surface area contributed by atoms with Gasteiger partial charge in [0.25, 0.3) is 0 Å². The topological polar surface area (TPSA) is 190 Å². The number of rotatable bonds is 0. The van der Waals surface area contributed by atoms with Crippen molar-refractivity contribution in [3.63, 3.8) is 0 Å². The van der Waals surface area contributed by atoms with Crippen molar-refractivity contribution in [2.45, 2.75) is 4.30 Å². The van der Waals surface area contributed by atoms with Crippen molar-refractivity contribution in [3.05, 3.63) is 0 Å². The summed E-state index contributed by atoms with van der Waals surface area (Å²) in [5, 5.41) is 27.9. The predicted octanol–water partition coefficient (Wildman–Crippen LogP) is -1.26. The molecule has 0 heterocycles. The molecular formula is C3H10Cl3MgNaO10S. The summed E-state index contributed by atoms with van der Waals surface area (Å²) in [5.41, 5.74) is 0. The summed E-state index contributed by atoms with van der Waals surface area (Å²) in [6.07, 6.45) is -3.67. The van der Waals surface area contributed by atoms with Crippen LogP contribution < -0.4 is 29.6 Å². The molecule has 0 aromatic carbocycles. The predicted molar refractivity (Wildman–Crippen MR) is 65.9 cm³/mol. The zero-order valence-electron chi connectivity index (χ0n) is 12.1. The van der Waals surface area contributed by atoms with Crippen LogP contribution in [0.15, 0.2) is 0 Å². The van der Waals surface area contributed by atoms with Crippen LogP contribution in [-0.2, 0) is 10.4 Å². The van der Waals surface area contributed by atoms with E-state index in [2.05, 4.69) is 0 Å². The van der Waals surface area contributed by atoms with Gasteiger partial charge in [-0.2, -0.15) is 8.42 Å². The Morgan fingerprint density at radius 3 is 0.895 bits per heavy atom. The maximum absolute atomic E-state index is 8.74. The van der Waals surface area contributed by atoms with E-state index in [-0.39, 0.29) is 56.9 Å². The van der Waals surface area contributed by atoms with Gasteiger partial charge >= 0.3 is 75.3 Å². The molecule has 112 valence electrons. The van der Waals surface area contributed by atoms with E-state index in [1.54, 1.807) is 0 Å². The van der Waals surface area contributed by atoms with Gasteiger partial charge in [0.1, 0.15) is 0 Å². The van der Waals surface area contributed by atoms with Gasteiger partial charge in [-0.25, -0.2) is 9.59 Å². The summed E-state index contributed by atoms with van der Waals surface area (Å²) < 4.78 is 30.8. The number of carbonyl (C=O) groups is 2. The molecule has 0 aromatic heterocycles. The van der Waals surface area contributed by atoms with Crippen molar-refractivity contribution in [3.8, 4) is 0 Å². The number of hydrogen-bond acceptors (Lipinski definition) is 4. The van der Waals surface area contributed by atoms with Crippen LogP contribution in [0.4, 0.5) is 9.59 Å². The van der Waals surface area contributed by atoms with Crippen LogP contribution in [0.5, 0.6) is 0 Å². The van der Waals surface area contributed by atoms with Crippen molar-refractivity contribution < 1.29 is 81.4 Å². The van der Waals surface area contributed by atoms with Gasteiger partial charge in [-0.3, -0.25) is 9.11 Å². The van der Waals surface area contributed by atoms with E-state index in [0.717, 1.165) is 0 Å². The Labute approximate surface area is 165 Å². The number of alkyl halides is 3. The van der Waals surface area contributed by atoms with E-state index in [0.29, 0.717) is 0 Å². The van der Waals surface area contributed by atoms with Crippen LogP contribution in [0, 0.1) is 0 Å². The zero-order valence-corrected chi connectivity index (χ0v) is 15.6. The summed E-state index contributed by atoms with van der Waals surface area (Å²) in [6, 6.07) is 0. The molecule has 0 spiro atoms. The Hall–Kier alpha value is 1.05. The summed E-state index contributed by atoms with van der Waals surface area (Å²) >= 11 is 14.4. The van der Waals surface area contributed by atoms with Gasteiger partial charge in [0, 0.05) is 0 Å². The molecule has 0 aliphatic rings. The van der Waals surface area contributed by atoms with E-state index in [1.165, 1.54) is 0 Å². The first kappa shape index (κ1) is 36.9. The SMILES string of the molecule is ClC(Cl)Cl.O=C(O)O.O=C(O)O.O=S(=O)(O)O.[H-].[H-].[H-].[Mg+2].[Na+]. The molecule has 6 N–H and O–H groups in total. The molecule has 0 atom stereocenters. The van der Waals surface area contributed by atoms with Gasteiger partial charge in [-0.15, -0.1) is 0 Å². The molecule has 0 saturated heterocycles. The quantitative estimate of drug-likeness (QED) is 0.165. The van der Waals surface area contributed by atoms with Crippen molar-refractivity contribution in [1.29, 1.82) is 0 Å². The van der Waals surface area contributed by atoms with E-state index in [1.807, 2.05) is 0 Å². The minimum absolute atomic E-state index is 0. The molecule has 19 heavy (non-hydrogen) atoms. The van der Waals surface area contributed by atoms with E-state index < -0.39 is 27.0 Å². The second-order valence-electron chi connectivity index (χ2n) is 1.26. The molecule has 0 rings (SSSR count). The number of halogens is 3. The number of hydrogen-bond donors (Lipinski definition) is 6. The van der Waals surface area contributed by atoms with Crippen molar-refractivity contribution >= 4 is 80.6 Å². The molecule has 0 bridgehead atoms. The minimum atomic E-state index is -4.67. The fourth-order valence-electron chi connectivity index (χ4n) is 0. The molecule has 0 aliphatic heterocycles. The fourth-order valence-corrected chi connectivity index (χ4v) is 0. The van der Waals surface area contributed by atoms with Crippen LogP contribution in [-0.4, -0.2) is 77.6 Å². The van der Waals surface area contributed by atoms with Gasteiger partial charge < -0.3 is 24.7 Å². The Bertz CT molecular complexity index is 278. The molecule has 16 heteroatoms. The molecule has 0 saturated carbocycles. The normalized spacial score (nSPS) is 7.47. The standard InChI is InChI=1S/CHCl3.2CH2O3.Mg.Na.H2O4S.3H/c3*2-1(3)4;;;1-5(2,3)4;;;/h1H;2*(H2,2,3,4);;;(H2,1,2,3,4);;;/q;;;+2;+1;;3*-1. The molecule has 10 nitrogen and oxygen atoms in total. The summed E-state index contributed by atoms with van der Waals surface area (Å²) in [6.45, 7) is 0. The molecule has 0 fully saturated rings. The maximum atomic E-state index is 8.74. The zero-order chi connectivity index (χ0) is 15.2. The largest absolute Gasteiger partial charge is 2.00 e. The molecule has 0 aromatic rings. The minimum Gasteiger partial charge on any atom is -1.00 e. The van der Waals surface area contributed by atoms with Crippen molar-refractivity contribution in [2.24, 2.45) is 0 Å². The van der Waals surface area contributed by atoms with Gasteiger partial charge in [-0.1, -0.05) is 34.8 Å².